The number of hydrogen-bond acceptors (Lipinski definition) is 1. The van der Waals surface area contributed by atoms with Crippen molar-refractivity contribution in [1.82, 2.24) is 0 Å². The highest BCUT2D eigenvalue weighted by Crippen LogP contribution is 2.47. The fraction of sp³-hybridized carbons (Fsp3) is 0. The number of nitrogens with zero attached hydrogens (tertiary/aromatic N) is 1. The molecule has 0 N–H and O–H groups in total. The Bertz CT molecular complexity index is 3220. The van der Waals surface area contributed by atoms with Crippen molar-refractivity contribution in [2.45, 2.75) is 0 Å². The molecular weight excluding hydrogens is 759 g/mol. The monoisotopic (exact) mass is 801 g/mol. The molecular formula is C62H43N. The van der Waals surface area contributed by atoms with E-state index in [1.165, 1.54) is 88.3 Å². The fourth-order valence-electron chi connectivity index (χ4n) is 9.16. The maximum atomic E-state index is 2.42. The van der Waals surface area contributed by atoms with Gasteiger partial charge in [0.15, 0.2) is 0 Å². The van der Waals surface area contributed by atoms with Gasteiger partial charge in [-0.1, -0.05) is 224 Å². The average Bonchev–Trinajstić information content (AvgIpc) is 3.37. The van der Waals surface area contributed by atoms with Crippen LogP contribution < -0.4 is 4.90 Å². The van der Waals surface area contributed by atoms with Gasteiger partial charge < -0.3 is 4.90 Å². The molecule has 63 heavy (non-hydrogen) atoms. The van der Waals surface area contributed by atoms with Crippen LogP contribution in [0.5, 0.6) is 0 Å². The first-order valence-electron chi connectivity index (χ1n) is 21.7. The molecule has 1 heteroatoms. The Morgan fingerprint density at radius 3 is 0.794 bits per heavy atom. The third kappa shape index (κ3) is 7.37. The van der Waals surface area contributed by atoms with Crippen molar-refractivity contribution in [3.05, 3.63) is 261 Å². The molecule has 0 amide bonds. The smallest absolute Gasteiger partial charge is 0.0468 e. The number of rotatable bonds is 9. The zero-order chi connectivity index (χ0) is 42.0. The first-order valence-corrected chi connectivity index (χ1v) is 21.7. The second-order valence-electron chi connectivity index (χ2n) is 16.1. The van der Waals surface area contributed by atoms with E-state index in [1.807, 2.05) is 0 Å². The van der Waals surface area contributed by atoms with Gasteiger partial charge in [0, 0.05) is 17.1 Å². The van der Waals surface area contributed by atoms with Crippen LogP contribution in [0.3, 0.4) is 0 Å². The molecule has 1 nitrogen and oxygen atoms in total. The van der Waals surface area contributed by atoms with E-state index in [0.717, 1.165) is 17.1 Å². The fourth-order valence-corrected chi connectivity index (χ4v) is 9.16. The SMILES string of the molecule is c1ccc(-c2ccc(-c3c4ccccc4c(-c4ccc(-c5ccccc5)cc4)c4cc(N(c5ccc(-c6ccccc6)cc5)c5ccc(-c6ccccc6)cc5)ccc34)cc2)cc1. The molecule has 11 aromatic rings. The summed E-state index contributed by atoms with van der Waals surface area (Å²) in [5.74, 6) is 0. The molecule has 0 unspecified atom stereocenters. The molecule has 296 valence electrons. The van der Waals surface area contributed by atoms with Crippen molar-refractivity contribution in [3.8, 4) is 66.8 Å². The quantitative estimate of drug-likeness (QED) is 0.131. The molecule has 0 heterocycles. The first kappa shape index (κ1) is 37.7. The lowest BCUT2D eigenvalue weighted by Gasteiger charge is -2.27. The van der Waals surface area contributed by atoms with E-state index in [9.17, 15) is 0 Å². The Hall–Kier alpha value is -8.26. The van der Waals surface area contributed by atoms with Crippen LogP contribution in [0.15, 0.2) is 261 Å². The largest absolute Gasteiger partial charge is 0.310 e. The normalized spacial score (nSPS) is 11.2. The van der Waals surface area contributed by atoms with Crippen LogP contribution in [0.1, 0.15) is 0 Å². The summed E-state index contributed by atoms with van der Waals surface area (Å²) >= 11 is 0. The van der Waals surface area contributed by atoms with Crippen LogP contribution in [-0.4, -0.2) is 0 Å². The lowest BCUT2D eigenvalue weighted by molar-refractivity contribution is 1.29. The van der Waals surface area contributed by atoms with Crippen molar-refractivity contribution >= 4 is 38.6 Å². The summed E-state index contributed by atoms with van der Waals surface area (Å²) < 4.78 is 0. The highest BCUT2D eigenvalue weighted by atomic mass is 15.1. The van der Waals surface area contributed by atoms with Crippen LogP contribution in [0.4, 0.5) is 17.1 Å². The molecule has 0 atom stereocenters. The maximum absolute atomic E-state index is 2.42. The predicted octanol–water partition coefficient (Wildman–Crippen LogP) is 17.5. The van der Waals surface area contributed by atoms with Crippen molar-refractivity contribution in [2.75, 3.05) is 4.90 Å². The van der Waals surface area contributed by atoms with Gasteiger partial charge in [0.1, 0.15) is 0 Å². The molecule has 0 saturated heterocycles. The summed E-state index contributed by atoms with van der Waals surface area (Å²) in [7, 11) is 0. The molecule has 0 bridgehead atoms. The molecule has 0 aromatic heterocycles. The number of anilines is 3. The van der Waals surface area contributed by atoms with Crippen LogP contribution in [0.25, 0.3) is 88.3 Å². The Labute approximate surface area is 369 Å². The summed E-state index contributed by atoms with van der Waals surface area (Å²) in [6, 6.07) is 94.7. The maximum Gasteiger partial charge on any atom is 0.0468 e. The minimum atomic E-state index is 1.09. The minimum Gasteiger partial charge on any atom is -0.310 e. The summed E-state index contributed by atoms with van der Waals surface area (Å²) in [4.78, 5) is 2.40. The van der Waals surface area contributed by atoms with E-state index < -0.39 is 0 Å². The highest BCUT2D eigenvalue weighted by Gasteiger charge is 2.20. The van der Waals surface area contributed by atoms with Gasteiger partial charge in [-0.2, -0.15) is 0 Å². The first-order chi connectivity index (χ1) is 31.2. The molecule has 0 radical (unpaired) electrons. The summed E-state index contributed by atoms with van der Waals surface area (Å²) in [5.41, 5.74) is 17.7. The summed E-state index contributed by atoms with van der Waals surface area (Å²) in [6.45, 7) is 0. The molecule has 11 aromatic carbocycles. The van der Waals surface area contributed by atoms with E-state index >= 15 is 0 Å². The Balaban J connectivity index is 1.13. The van der Waals surface area contributed by atoms with E-state index in [-0.39, 0.29) is 0 Å². The second kappa shape index (κ2) is 16.7. The van der Waals surface area contributed by atoms with Crippen LogP contribution in [-0.2, 0) is 0 Å². The zero-order valence-electron chi connectivity index (χ0n) is 34.8. The van der Waals surface area contributed by atoms with Gasteiger partial charge >= 0.3 is 0 Å². The third-order valence-corrected chi connectivity index (χ3v) is 12.3. The van der Waals surface area contributed by atoms with E-state index in [4.69, 9.17) is 0 Å². The van der Waals surface area contributed by atoms with Gasteiger partial charge in [-0.25, -0.2) is 0 Å². The second-order valence-corrected chi connectivity index (χ2v) is 16.1. The molecule has 11 rings (SSSR count). The van der Waals surface area contributed by atoms with Gasteiger partial charge in [-0.05, 0) is 125 Å². The van der Waals surface area contributed by atoms with Gasteiger partial charge in [0.05, 0.1) is 0 Å². The predicted molar refractivity (Wildman–Crippen MR) is 269 cm³/mol. The summed E-state index contributed by atoms with van der Waals surface area (Å²) in [6.07, 6.45) is 0. The minimum absolute atomic E-state index is 1.09. The lowest BCUT2D eigenvalue weighted by Crippen LogP contribution is -2.10. The molecule has 0 aliphatic rings. The van der Waals surface area contributed by atoms with Gasteiger partial charge in [0.25, 0.3) is 0 Å². The van der Waals surface area contributed by atoms with Gasteiger partial charge in [-0.15, -0.1) is 0 Å². The number of benzene rings is 11. The van der Waals surface area contributed by atoms with E-state index in [2.05, 4.69) is 266 Å². The highest BCUT2D eigenvalue weighted by molar-refractivity contribution is 6.22. The Kier molecular flexibility index (Phi) is 9.97. The Morgan fingerprint density at radius 2 is 0.429 bits per heavy atom. The third-order valence-electron chi connectivity index (χ3n) is 12.3. The van der Waals surface area contributed by atoms with Gasteiger partial charge in [0.2, 0.25) is 0 Å². The molecule has 0 aliphatic carbocycles. The molecule has 0 aliphatic heterocycles. The van der Waals surface area contributed by atoms with Crippen molar-refractivity contribution in [2.24, 2.45) is 0 Å². The van der Waals surface area contributed by atoms with Crippen LogP contribution in [0.2, 0.25) is 0 Å². The van der Waals surface area contributed by atoms with Crippen molar-refractivity contribution < 1.29 is 0 Å². The number of fused-ring (bicyclic) bond motifs is 2. The van der Waals surface area contributed by atoms with E-state index in [1.54, 1.807) is 0 Å². The van der Waals surface area contributed by atoms with Crippen molar-refractivity contribution in [3.63, 3.8) is 0 Å². The zero-order valence-corrected chi connectivity index (χ0v) is 34.8. The summed E-state index contributed by atoms with van der Waals surface area (Å²) in [5, 5.41) is 4.87. The van der Waals surface area contributed by atoms with Crippen molar-refractivity contribution in [1.29, 1.82) is 0 Å². The topological polar surface area (TPSA) is 3.24 Å². The van der Waals surface area contributed by atoms with Crippen LogP contribution in [0, 0.1) is 0 Å². The van der Waals surface area contributed by atoms with E-state index in [0.29, 0.717) is 0 Å². The Morgan fingerprint density at radius 1 is 0.175 bits per heavy atom. The number of hydrogen-bond donors (Lipinski definition) is 0. The lowest BCUT2D eigenvalue weighted by atomic mass is 9.85. The molecule has 0 fully saturated rings. The van der Waals surface area contributed by atoms with Crippen LogP contribution >= 0.6 is 0 Å². The molecule has 0 spiro atoms. The molecule has 0 saturated carbocycles. The average molecular weight is 802 g/mol. The standard InChI is InChI=1S/C62H43N/c1-5-15-44(16-6-1)48-25-29-52(30-26-48)61-57-23-13-14-24-58(57)62(53-31-27-49(28-32-53)45-17-7-2-8-18-45)60-43-56(41-42-59(60)61)63(54-37-33-50(34-38-54)46-19-9-3-10-20-46)55-39-35-51(36-40-55)47-21-11-4-12-22-47/h1-43H. The van der Waals surface area contributed by atoms with Gasteiger partial charge in [-0.3, -0.25) is 0 Å².